The van der Waals surface area contributed by atoms with Crippen molar-refractivity contribution in [2.24, 2.45) is 5.41 Å². The standard InChI is InChI=1S/C35H31Cl4N7O2/c36-30-21(3-1-5-23(30)25-12-40-27(32(38)42-25)14-45-16-34(17-45)9-7-20(47)11-34)22-4-2-6-24(31(22)37)26-13-41-28(33(39)43-26)15-46-18-35(19-46)10-8-29(48)44-35/h1-6,12-13H,7-11,14-19H2,(H,44,48). The molecule has 0 radical (unpaired) electrons. The Labute approximate surface area is 298 Å². The van der Waals surface area contributed by atoms with Gasteiger partial charge in [0.05, 0.1) is 50.8 Å². The zero-order valence-corrected chi connectivity index (χ0v) is 28.9. The molecule has 0 atom stereocenters. The minimum Gasteiger partial charge on any atom is -0.348 e. The highest BCUT2D eigenvalue weighted by atomic mass is 35.5. The van der Waals surface area contributed by atoms with Gasteiger partial charge in [0.1, 0.15) is 5.78 Å². The summed E-state index contributed by atoms with van der Waals surface area (Å²) >= 11 is 27.3. The fourth-order valence-corrected chi connectivity index (χ4v) is 8.82. The van der Waals surface area contributed by atoms with E-state index in [1.807, 2.05) is 36.4 Å². The first-order chi connectivity index (χ1) is 23.1. The van der Waals surface area contributed by atoms with Crippen LogP contribution >= 0.6 is 46.4 Å². The van der Waals surface area contributed by atoms with Gasteiger partial charge >= 0.3 is 0 Å². The van der Waals surface area contributed by atoms with Crippen LogP contribution in [0.25, 0.3) is 33.6 Å². The molecule has 48 heavy (non-hydrogen) atoms. The van der Waals surface area contributed by atoms with E-state index in [0.717, 1.165) is 50.1 Å². The number of ketones is 1. The van der Waals surface area contributed by atoms with Crippen LogP contribution in [0.4, 0.5) is 0 Å². The lowest BCUT2D eigenvalue weighted by Crippen LogP contribution is -2.66. The van der Waals surface area contributed by atoms with Crippen LogP contribution in [-0.4, -0.2) is 73.1 Å². The minimum absolute atomic E-state index is 0.108. The van der Waals surface area contributed by atoms with Gasteiger partial charge in [-0.05, 0) is 12.8 Å². The maximum atomic E-state index is 11.8. The Balaban J connectivity index is 0.990. The van der Waals surface area contributed by atoms with Gasteiger partial charge in [-0.1, -0.05) is 82.8 Å². The van der Waals surface area contributed by atoms with Crippen LogP contribution in [0, 0.1) is 5.41 Å². The van der Waals surface area contributed by atoms with Crippen molar-refractivity contribution < 1.29 is 9.59 Å². The third-order valence-electron chi connectivity index (χ3n) is 10.1. The number of nitrogens with one attached hydrogen (secondary N) is 1. The summed E-state index contributed by atoms with van der Waals surface area (Å²) in [5.41, 5.74) is 5.31. The summed E-state index contributed by atoms with van der Waals surface area (Å²) in [7, 11) is 0. The zero-order chi connectivity index (χ0) is 33.2. The van der Waals surface area contributed by atoms with Gasteiger partial charge in [0.15, 0.2) is 10.3 Å². The van der Waals surface area contributed by atoms with Gasteiger partial charge in [0.2, 0.25) is 5.91 Å². The number of hydrogen-bond acceptors (Lipinski definition) is 8. The van der Waals surface area contributed by atoms with Gasteiger partial charge in [-0.15, -0.1) is 0 Å². The molecule has 0 unspecified atom stereocenters. The van der Waals surface area contributed by atoms with Gasteiger partial charge in [-0.3, -0.25) is 29.4 Å². The molecule has 3 saturated heterocycles. The molecule has 1 amide bonds. The first kappa shape index (κ1) is 32.0. The number of rotatable bonds is 7. The van der Waals surface area contributed by atoms with Gasteiger partial charge in [0.25, 0.3) is 0 Å². The second-order valence-corrected chi connectivity index (χ2v) is 15.1. The highest BCUT2D eigenvalue weighted by Crippen LogP contribution is 2.45. The Morgan fingerprint density at radius 2 is 1.21 bits per heavy atom. The Hall–Kier alpha value is -3.18. The monoisotopic (exact) mass is 721 g/mol. The van der Waals surface area contributed by atoms with E-state index in [4.69, 9.17) is 46.4 Å². The van der Waals surface area contributed by atoms with Crippen molar-refractivity contribution in [1.82, 2.24) is 35.1 Å². The van der Waals surface area contributed by atoms with Crippen molar-refractivity contribution >= 4 is 58.1 Å². The smallest absolute Gasteiger partial charge is 0.220 e. The molecular formula is C35H31Cl4N7O2. The van der Waals surface area contributed by atoms with Gasteiger partial charge in [-0.25, -0.2) is 9.97 Å². The summed E-state index contributed by atoms with van der Waals surface area (Å²) in [6.45, 7) is 4.46. The fraction of sp³-hybridized carbons (Fsp3) is 0.371. The molecule has 4 fully saturated rings. The van der Waals surface area contributed by atoms with Crippen LogP contribution < -0.4 is 5.32 Å². The van der Waals surface area contributed by atoms with Crippen molar-refractivity contribution in [3.8, 4) is 33.6 Å². The Bertz CT molecular complexity index is 1840. The van der Waals surface area contributed by atoms with Gasteiger partial charge in [0, 0.05) is 86.2 Å². The number of benzene rings is 2. The van der Waals surface area contributed by atoms with E-state index in [9.17, 15) is 9.59 Å². The second kappa shape index (κ2) is 12.3. The Morgan fingerprint density at radius 3 is 1.67 bits per heavy atom. The van der Waals surface area contributed by atoms with E-state index in [1.54, 1.807) is 12.4 Å². The van der Waals surface area contributed by atoms with E-state index >= 15 is 0 Å². The highest BCUT2D eigenvalue weighted by Gasteiger charge is 2.48. The first-order valence-electron chi connectivity index (χ1n) is 16.0. The van der Waals surface area contributed by atoms with Gasteiger partial charge in [-0.2, -0.15) is 0 Å². The summed E-state index contributed by atoms with van der Waals surface area (Å²) in [6, 6.07) is 11.4. The first-order valence-corrected chi connectivity index (χ1v) is 17.5. The number of amides is 1. The predicted octanol–water partition coefficient (Wildman–Crippen LogP) is 6.90. The average Bonchev–Trinajstić information content (AvgIpc) is 3.62. The molecule has 9 nitrogen and oxygen atoms in total. The molecule has 4 aliphatic rings. The molecule has 1 saturated carbocycles. The number of carbonyl (C=O) groups is 2. The third kappa shape index (κ3) is 5.88. The van der Waals surface area contributed by atoms with E-state index in [0.29, 0.717) is 92.4 Å². The maximum Gasteiger partial charge on any atom is 0.220 e. The molecule has 246 valence electrons. The number of halogens is 4. The van der Waals surface area contributed by atoms with Crippen molar-refractivity contribution in [2.45, 2.75) is 50.7 Å². The number of carbonyl (C=O) groups excluding carboxylic acids is 2. The number of hydrogen-bond donors (Lipinski definition) is 1. The number of likely N-dealkylation sites (tertiary alicyclic amines) is 2. The average molecular weight is 723 g/mol. The van der Waals surface area contributed by atoms with Crippen LogP contribution in [0.2, 0.25) is 20.4 Å². The van der Waals surface area contributed by atoms with Crippen LogP contribution in [0.1, 0.15) is 43.5 Å². The van der Waals surface area contributed by atoms with Crippen LogP contribution in [-0.2, 0) is 22.7 Å². The Kier molecular flexibility index (Phi) is 8.21. The highest BCUT2D eigenvalue weighted by molar-refractivity contribution is 6.39. The maximum absolute atomic E-state index is 11.8. The fourth-order valence-electron chi connectivity index (χ4n) is 7.77. The summed E-state index contributed by atoms with van der Waals surface area (Å²) in [5, 5.41) is 4.67. The van der Waals surface area contributed by atoms with Crippen molar-refractivity contribution in [1.29, 1.82) is 0 Å². The molecule has 4 aromatic rings. The molecule has 2 aromatic carbocycles. The molecule has 2 spiro atoms. The van der Waals surface area contributed by atoms with E-state index in [-0.39, 0.29) is 16.9 Å². The van der Waals surface area contributed by atoms with Crippen molar-refractivity contribution in [2.75, 3.05) is 26.2 Å². The topological polar surface area (TPSA) is 104 Å². The lowest BCUT2D eigenvalue weighted by molar-refractivity contribution is -0.121. The van der Waals surface area contributed by atoms with Gasteiger partial charge < -0.3 is 5.32 Å². The van der Waals surface area contributed by atoms with E-state index in [2.05, 4.69) is 35.1 Å². The largest absolute Gasteiger partial charge is 0.348 e. The third-order valence-corrected chi connectivity index (χ3v) is 11.5. The van der Waals surface area contributed by atoms with E-state index in [1.165, 1.54) is 0 Å². The molecule has 0 bridgehead atoms. The normalized spacial score (nSPS) is 19.9. The van der Waals surface area contributed by atoms with Crippen LogP contribution in [0.3, 0.4) is 0 Å². The molecule has 13 heteroatoms. The molecule has 1 N–H and O–H groups in total. The summed E-state index contributed by atoms with van der Waals surface area (Å²) in [6.07, 6.45) is 7.17. The van der Waals surface area contributed by atoms with Crippen LogP contribution in [0.15, 0.2) is 48.8 Å². The number of aromatic nitrogens is 4. The molecular weight excluding hydrogens is 692 g/mol. The summed E-state index contributed by atoms with van der Waals surface area (Å²) in [5.74, 6) is 0.484. The molecule has 5 heterocycles. The SMILES string of the molecule is O=C1CCC2(C1)CN(Cc1ncc(-c3cccc(-c4cccc(-c5cnc(CN6CC7(CCC(=O)N7)C6)c(Cl)n5)c4Cl)c3Cl)nc1Cl)C2. The van der Waals surface area contributed by atoms with Crippen molar-refractivity contribution in [3.63, 3.8) is 0 Å². The molecule has 1 aliphatic carbocycles. The lowest BCUT2D eigenvalue weighted by atomic mass is 9.78. The summed E-state index contributed by atoms with van der Waals surface area (Å²) in [4.78, 5) is 46.5. The van der Waals surface area contributed by atoms with E-state index < -0.39 is 0 Å². The second-order valence-electron chi connectivity index (χ2n) is 13.7. The number of Topliss-reactive ketones (excluding diaryl/α,β-unsaturated/α-hetero) is 1. The Morgan fingerprint density at radius 1 is 0.688 bits per heavy atom. The minimum atomic E-state index is -0.108. The molecule has 3 aliphatic heterocycles. The number of nitrogens with zero attached hydrogens (tertiary/aromatic N) is 6. The molecule has 8 rings (SSSR count). The summed E-state index contributed by atoms with van der Waals surface area (Å²) < 4.78 is 0. The predicted molar refractivity (Wildman–Crippen MR) is 186 cm³/mol. The van der Waals surface area contributed by atoms with Crippen LogP contribution in [0.5, 0.6) is 0 Å². The lowest BCUT2D eigenvalue weighted by Gasteiger charge is -2.47. The zero-order valence-electron chi connectivity index (χ0n) is 25.9. The van der Waals surface area contributed by atoms with Crippen molar-refractivity contribution in [3.05, 3.63) is 80.5 Å². The molecule has 2 aromatic heterocycles. The quantitative estimate of drug-likeness (QED) is 0.220.